The van der Waals surface area contributed by atoms with E-state index in [1.54, 1.807) is 0 Å². The summed E-state index contributed by atoms with van der Waals surface area (Å²) in [5.74, 6) is 0. The summed E-state index contributed by atoms with van der Waals surface area (Å²) in [6.07, 6.45) is 0.793. The largest absolute Gasteiger partial charge is 0.412 e. The molecule has 0 saturated heterocycles. The Bertz CT molecular complexity index is 144. The van der Waals surface area contributed by atoms with Crippen molar-refractivity contribution >= 4 is 16.6 Å². The van der Waals surface area contributed by atoms with E-state index in [0.29, 0.717) is 0 Å². The molecule has 0 unspecified atom stereocenters. The quantitative estimate of drug-likeness (QED) is 0.339. The van der Waals surface area contributed by atoms with E-state index in [4.69, 9.17) is 0 Å². The zero-order valence-corrected chi connectivity index (χ0v) is 4.94. The van der Waals surface area contributed by atoms with E-state index in [1.807, 2.05) is 0 Å². The first kappa shape index (κ1) is 10.4. The molecule has 8 heavy (non-hydrogen) atoms. The molecule has 0 aromatic carbocycles. The summed E-state index contributed by atoms with van der Waals surface area (Å²) >= 11 is 0. The van der Waals surface area contributed by atoms with Gasteiger partial charge in [0, 0.05) is 0 Å². The van der Waals surface area contributed by atoms with Gasteiger partial charge in [0.25, 0.3) is 0 Å². The van der Waals surface area contributed by atoms with Crippen LogP contribution in [0.4, 0.5) is 0 Å². The van der Waals surface area contributed by atoms with Gasteiger partial charge in [-0.15, -0.1) is 0 Å². The predicted octanol–water partition coefficient (Wildman–Crippen LogP) is -1.71. The van der Waals surface area contributed by atoms with Crippen LogP contribution in [0.1, 0.15) is 0 Å². The maximum absolute atomic E-state index is 9.78. The molecule has 0 atom stereocenters. The van der Waals surface area contributed by atoms with Gasteiger partial charge in [-0.3, -0.25) is 4.79 Å². The fourth-order valence-corrected chi connectivity index (χ4v) is 0.214. The normalized spacial score (nSPS) is 9.12. The molecule has 0 bridgehead atoms. The van der Waals surface area contributed by atoms with Crippen LogP contribution in [-0.4, -0.2) is 26.6 Å². The van der Waals surface area contributed by atoms with E-state index in [1.165, 1.54) is 0 Å². The van der Waals surface area contributed by atoms with Crippen LogP contribution in [-0.2, 0) is 19.1 Å². The number of rotatable bonds is 2. The van der Waals surface area contributed by atoms with Crippen molar-refractivity contribution in [1.29, 1.82) is 0 Å². The highest BCUT2D eigenvalue weighted by molar-refractivity contribution is 7.86. The Kier molecular flexibility index (Phi) is 4.40. The average Bonchev–Trinajstić information content (AvgIpc) is 1.30. The molecule has 0 saturated carbocycles. The first-order chi connectivity index (χ1) is 3.06. The first-order valence-corrected chi connectivity index (χ1v) is 3.20. The third-order valence-electron chi connectivity index (χ3n) is 0.214. The molecule has 0 heterocycles. The summed E-state index contributed by atoms with van der Waals surface area (Å²) < 4.78 is 23.1. The maximum Gasteiger partial charge on any atom is 0.309 e. The van der Waals surface area contributed by atoms with Crippen LogP contribution in [0.5, 0.6) is 0 Å². The van der Waals surface area contributed by atoms with Gasteiger partial charge in [0.15, 0.2) is 0 Å². The minimum Gasteiger partial charge on any atom is -0.412 e. The van der Waals surface area contributed by atoms with Gasteiger partial charge in [0.05, 0.1) is 6.26 Å². The Labute approximate surface area is 46.7 Å². The van der Waals surface area contributed by atoms with E-state index in [-0.39, 0.29) is 11.9 Å². The second kappa shape index (κ2) is 3.39. The third-order valence-corrected chi connectivity index (χ3v) is 0.642. The van der Waals surface area contributed by atoms with Crippen LogP contribution in [0.25, 0.3) is 0 Å². The molecule has 50 valence electrons. The Morgan fingerprint density at radius 2 is 1.88 bits per heavy atom. The lowest BCUT2D eigenvalue weighted by molar-refractivity contribution is -0.120. The van der Waals surface area contributed by atoms with E-state index in [0.717, 1.165) is 6.26 Å². The monoisotopic (exact) mass is 142 g/mol. The van der Waals surface area contributed by atoms with Gasteiger partial charge < -0.3 is 9.66 Å². The van der Waals surface area contributed by atoms with Gasteiger partial charge in [-0.2, -0.15) is 8.42 Å². The van der Waals surface area contributed by atoms with Gasteiger partial charge in [-0.05, 0) is 0 Å². The first-order valence-electron chi connectivity index (χ1n) is 1.38. The molecule has 0 radical (unpaired) electrons. The van der Waals surface area contributed by atoms with E-state index in [2.05, 4.69) is 4.18 Å². The standard InChI is InChI=1S/C2H4O4S.H2O/c1-7(4,5)6-2-3;/h2H,1H3;1H2. The summed E-state index contributed by atoms with van der Waals surface area (Å²) in [5, 5.41) is 0. The molecule has 5 nitrogen and oxygen atoms in total. The van der Waals surface area contributed by atoms with Crippen LogP contribution in [0.3, 0.4) is 0 Å². The molecule has 6 heteroatoms. The number of hydrogen-bond donors (Lipinski definition) is 0. The number of carbonyl (C=O) groups excluding carboxylic acids is 1. The van der Waals surface area contributed by atoms with Gasteiger partial charge in [0.1, 0.15) is 0 Å². The van der Waals surface area contributed by atoms with Crippen molar-refractivity contribution in [2.75, 3.05) is 6.26 Å². The van der Waals surface area contributed by atoms with E-state index >= 15 is 0 Å². The summed E-state index contributed by atoms with van der Waals surface area (Å²) in [6, 6.07) is 0. The highest BCUT2D eigenvalue weighted by Gasteiger charge is 1.95. The number of hydrogen-bond acceptors (Lipinski definition) is 4. The Morgan fingerprint density at radius 3 is 1.88 bits per heavy atom. The SMILES string of the molecule is CS(=O)(=O)OC=O.O. The minimum atomic E-state index is -3.54. The van der Waals surface area contributed by atoms with Gasteiger partial charge >= 0.3 is 16.6 Å². The van der Waals surface area contributed by atoms with Crippen molar-refractivity contribution in [3.8, 4) is 0 Å². The van der Waals surface area contributed by atoms with Crippen molar-refractivity contribution in [1.82, 2.24) is 0 Å². The molecule has 0 aliphatic carbocycles. The Morgan fingerprint density at radius 1 is 1.50 bits per heavy atom. The molecule has 0 rings (SSSR count). The van der Waals surface area contributed by atoms with Gasteiger partial charge in [-0.25, -0.2) is 0 Å². The summed E-state index contributed by atoms with van der Waals surface area (Å²) in [7, 11) is -3.54. The highest BCUT2D eigenvalue weighted by Crippen LogP contribution is 1.77. The molecule has 0 aliphatic heterocycles. The van der Waals surface area contributed by atoms with Crippen molar-refractivity contribution in [3.63, 3.8) is 0 Å². The van der Waals surface area contributed by atoms with Crippen LogP contribution in [0.2, 0.25) is 0 Å². The lowest BCUT2D eigenvalue weighted by Gasteiger charge is -1.85. The smallest absolute Gasteiger partial charge is 0.309 e. The summed E-state index contributed by atoms with van der Waals surface area (Å²) in [6.45, 7) is -0.130. The highest BCUT2D eigenvalue weighted by atomic mass is 32.2. The van der Waals surface area contributed by atoms with Crippen molar-refractivity contribution in [2.24, 2.45) is 0 Å². The molecule has 0 fully saturated rings. The van der Waals surface area contributed by atoms with E-state index in [9.17, 15) is 13.2 Å². The Hall–Kier alpha value is -0.620. The summed E-state index contributed by atoms with van der Waals surface area (Å²) in [5.41, 5.74) is 0. The molecule has 0 amide bonds. The van der Waals surface area contributed by atoms with Crippen LogP contribution in [0.15, 0.2) is 0 Å². The fourth-order valence-electron chi connectivity index (χ4n) is 0.0714. The second-order valence-corrected chi connectivity index (χ2v) is 2.50. The molecule has 0 aromatic rings. The lowest BCUT2D eigenvalue weighted by atomic mass is 11.7. The van der Waals surface area contributed by atoms with Gasteiger partial charge in [-0.1, -0.05) is 0 Å². The Balaban J connectivity index is 0. The molecule has 0 aromatic heterocycles. The minimum absolute atomic E-state index is 0. The van der Waals surface area contributed by atoms with Crippen LogP contribution in [0, 0.1) is 0 Å². The van der Waals surface area contributed by atoms with Crippen LogP contribution >= 0.6 is 0 Å². The zero-order valence-electron chi connectivity index (χ0n) is 4.12. The average molecular weight is 142 g/mol. The predicted molar refractivity (Wildman–Crippen MR) is 25.6 cm³/mol. The van der Waals surface area contributed by atoms with Crippen molar-refractivity contribution < 1.29 is 22.9 Å². The molecule has 2 N–H and O–H groups in total. The summed E-state index contributed by atoms with van der Waals surface area (Å²) in [4.78, 5) is 9.22. The van der Waals surface area contributed by atoms with Crippen molar-refractivity contribution in [2.45, 2.75) is 0 Å². The maximum atomic E-state index is 9.78. The zero-order chi connectivity index (χ0) is 5.91. The van der Waals surface area contributed by atoms with Gasteiger partial charge in [0.2, 0.25) is 0 Å². The molecule has 0 spiro atoms. The van der Waals surface area contributed by atoms with Crippen molar-refractivity contribution in [3.05, 3.63) is 0 Å². The third kappa shape index (κ3) is 9.03. The topological polar surface area (TPSA) is 91.9 Å². The molecular formula is C2H6O5S. The van der Waals surface area contributed by atoms with E-state index < -0.39 is 10.1 Å². The molecular weight excluding hydrogens is 136 g/mol. The second-order valence-electron chi connectivity index (χ2n) is 0.897. The lowest BCUT2D eigenvalue weighted by Crippen LogP contribution is -1.99. The fraction of sp³-hybridized carbons (Fsp3) is 0.500. The number of carbonyl (C=O) groups is 1. The van der Waals surface area contributed by atoms with Crippen LogP contribution < -0.4 is 0 Å². The molecule has 0 aliphatic rings.